The van der Waals surface area contributed by atoms with Crippen LogP contribution in [0.25, 0.3) is 0 Å². The maximum absolute atomic E-state index is 12.8. The molecule has 1 fully saturated rings. The highest BCUT2D eigenvalue weighted by atomic mass is 32.2. The highest BCUT2D eigenvalue weighted by molar-refractivity contribution is 7.91. The van der Waals surface area contributed by atoms with Crippen molar-refractivity contribution in [2.24, 2.45) is 7.05 Å². The van der Waals surface area contributed by atoms with Gasteiger partial charge in [-0.2, -0.15) is 9.40 Å². The molecule has 8 nitrogen and oxygen atoms in total. The third-order valence-corrected chi connectivity index (χ3v) is 7.11. The Labute approximate surface area is 144 Å². The highest BCUT2D eigenvalue weighted by Gasteiger charge is 2.33. The molecule has 2 aromatic heterocycles. The monoisotopic (exact) mass is 369 g/mol. The number of aromatic nitrogens is 3. The second-order valence-corrected chi connectivity index (χ2v) is 8.98. The Hall–Kier alpha value is -1.78. The minimum atomic E-state index is -3.61. The second-order valence-electron chi connectivity index (χ2n) is 5.78. The molecule has 24 heavy (non-hydrogen) atoms. The van der Waals surface area contributed by atoms with Gasteiger partial charge in [0.25, 0.3) is 10.0 Å². The van der Waals surface area contributed by atoms with Crippen molar-refractivity contribution in [2.75, 3.05) is 18.4 Å². The van der Waals surface area contributed by atoms with Crippen molar-refractivity contribution in [3.05, 3.63) is 24.2 Å². The van der Waals surface area contributed by atoms with E-state index in [9.17, 15) is 13.2 Å². The van der Waals surface area contributed by atoms with E-state index in [1.54, 1.807) is 4.68 Å². The van der Waals surface area contributed by atoms with Gasteiger partial charge in [-0.3, -0.25) is 9.48 Å². The topological polar surface area (TPSA) is 97.2 Å². The molecule has 1 amide bonds. The molecular formula is C14H19N5O3S2. The molecule has 1 atom stereocenters. The number of carbonyl (C=O) groups is 1. The maximum Gasteiger partial charge on any atom is 0.254 e. The average Bonchev–Trinajstić information content (AvgIpc) is 3.16. The summed E-state index contributed by atoms with van der Waals surface area (Å²) in [6.07, 6.45) is 4.88. The molecule has 1 N–H and O–H groups in total. The summed E-state index contributed by atoms with van der Waals surface area (Å²) in [7, 11) is -1.76. The first-order chi connectivity index (χ1) is 11.4. The van der Waals surface area contributed by atoms with Crippen LogP contribution in [0.4, 0.5) is 5.13 Å². The Kier molecular flexibility index (Phi) is 4.70. The van der Waals surface area contributed by atoms with Gasteiger partial charge in [-0.05, 0) is 18.9 Å². The lowest BCUT2D eigenvalue weighted by molar-refractivity contribution is -0.114. The third kappa shape index (κ3) is 3.50. The Balaban J connectivity index is 1.78. The average molecular weight is 369 g/mol. The number of carbonyl (C=O) groups excluding carboxylic acids is 1. The first-order valence-corrected chi connectivity index (χ1v) is 9.85. The van der Waals surface area contributed by atoms with Crippen LogP contribution in [0.1, 0.15) is 31.4 Å². The minimum Gasteiger partial charge on any atom is -0.302 e. The van der Waals surface area contributed by atoms with E-state index in [-0.39, 0.29) is 16.0 Å². The molecule has 0 saturated carbocycles. The van der Waals surface area contributed by atoms with Gasteiger partial charge in [-0.25, -0.2) is 13.4 Å². The molecule has 0 unspecified atom stereocenters. The van der Waals surface area contributed by atoms with Crippen LogP contribution in [-0.2, 0) is 21.9 Å². The molecule has 0 aliphatic carbocycles. The summed E-state index contributed by atoms with van der Waals surface area (Å²) in [5.41, 5.74) is 0.917. The molecule has 1 saturated heterocycles. The Morgan fingerprint density at radius 2 is 2.25 bits per heavy atom. The van der Waals surface area contributed by atoms with Crippen LogP contribution < -0.4 is 5.32 Å². The second kappa shape index (κ2) is 6.61. The lowest BCUT2D eigenvalue weighted by Gasteiger charge is -2.30. The molecule has 0 bridgehead atoms. The number of hydrogen-bond acceptors (Lipinski definition) is 6. The molecule has 130 valence electrons. The molecule has 3 heterocycles. The summed E-state index contributed by atoms with van der Waals surface area (Å²) in [6.45, 7) is 2.25. The van der Waals surface area contributed by atoms with E-state index in [1.165, 1.54) is 17.4 Å². The molecule has 1 aliphatic rings. The molecule has 10 heteroatoms. The van der Waals surface area contributed by atoms with Gasteiger partial charge < -0.3 is 5.32 Å². The number of rotatable bonds is 4. The number of sulfonamides is 1. The van der Waals surface area contributed by atoms with Gasteiger partial charge in [0.15, 0.2) is 9.34 Å². The van der Waals surface area contributed by atoms with E-state index in [4.69, 9.17) is 0 Å². The zero-order chi connectivity index (χ0) is 17.3. The molecule has 3 rings (SSSR count). The zero-order valence-electron chi connectivity index (χ0n) is 13.5. The minimum absolute atomic E-state index is 0.0949. The molecule has 0 aromatic carbocycles. The van der Waals surface area contributed by atoms with Crippen molar-refractivity contribution in [1.82, 2.24) is 19.1 Å². The fourth-order valence-electron chi connectivity index (χ4n) is 2.77. The smallest absolute Gasteiger partial charge is 0.254 e. The van der Waals surface area contributed by atoms with E-state index in [0.717, 1.165) is 29.9 Å². The van der Waals surface area contributed by atoms with E-state index >= 15 is 0 Å². The normalized spacial score (nSPS) is 19.3. The number of piperidine rings is 1. The summed E-state index contributed by atoms with van der Waals surface area (Å²) in [5, 5.41) is 7.20. The summed E-state index contributed by atoms with van der Waals surface area (Å²) in [4.78, 5) is 15.0. The molecular weight excluding hydrogens is 350 g/mol. The van der Waals surface area contributed by atoms with E-state index in [2.05, 4.69) is 15.4 Å². The van der Waals surface area contributed by atoms with E-state index in [1.807, 2.05) is 19.3 Å². The summed E-state index contributed by atoms with van der Waals surface area (Å²) >= 11 is 0.971. The lowest BCUT2D eigenvalue weighted by Crippen LogP contribution is -2.38. The fraction of sp³-hybridized carbons (Fsp3) is 0.500. The number of hydrogen-bond donors (Lipinski definition) is 1. The van der Waals surface area contributed by atoms with Crippen molar-refractivity contribution in [1.29, 1.82) is 0 Å². The summed E-state index contributed by atoms with van der Waals surface area (Å²) < 4.78 is 29.0. The fourth-order valence-corrected chi connectivity index (χ4v) is 5.52. The van der Waals surface area contributed by atoms with Crippen LogP contribution in [-0.4, -0.2) is 46.5 Å². The Morgan fingerprint density at radius 1 is 1.46 bits per heavy atom. The van der Waals surface area contributed by atoms with Crippen LogP contribution in [0.15, 0.2) is 22.7 Å². The largest absolute Gasteiger partial charge is 0.302 e. The summed E-state index contributed by atoms with van der Waals surface area (Å²) in [5.74, 6) is -0.182. The van der Waals surface area contributed by atoms with Crippen molar-refractivity contribution in [3.8, 4) is 0 Å². The van der Waals surface area contributed by atoms with Gasteiger partial charge >= 0.3 is 0 Å². The molecule has 0 spiro atoms. The van der Waals surface area contributed by atoms with Crippen LogP contribution in [0.5, 0.6) is 0 Å². The van der Waals surface area contributed by atoms with Crippen LogP contribution in [0.3, 0.4) is 0 Å². The van der Waals surface area contributed by atoms with E-state index < -0.39 is 10.0 Å². The predicted octanol–water partition coefficient (Wildman–Crippen LogP) is 1.40. The lowest BCUT2D eigenvalue weighted by atomic mass is 9.96. The van der Waals surface area contributed by atoms with Crippen molar-refractivity contribution in [3.63, 3.8) is 0 Å². The van der Waals surface area contributed by atoms with Gasteiger partial charge in [-0.1, -0.05) is 11.3 Å². The van der Waals surface area contributed by atoms with Crippen molar-refractivity contribution >= 4 is 32.4 Å². The van der Waals surface area contributed by atoms with Gasteiger partial charge in [-0.15, -0.1) is 0 Å². The van der Waals surface area contributed by atoms with Gasteiger partial charge in [0.1, 0.15) is 0 Å². The van der Waals surface area contributed by atoms with Crippen LogP contribution >= 0.6 is 11.3 Å². The van der Waals surface area contributed by atoms with Gasteiger partial charge in [0.2, 0.25) is 5.91 Å². The number of nitrogens with one attached hydrogen (secondary N) is 1. The number of amides is 1. The zero-order valence-corrected chi connectivity index (χ0v) is 15.1. The number of thiazole rings is 1. The molecule has 0 radical (unpaired) electrons. The number of aryl methyl sites for hydroxylation is 1. The SMILES string of the molecule is CC(=O)Nc1ncc(S(=O)(=O)N2CCC[C@@H](c3ccn(C)n3)C2)s1. The third-order valence-electron chi connectivity index (χ3n) is 3.90. The maximum atomic E-state index is 12.8. The van der Waals surface area contributed by atoms with Crippen molar-refractivity contribution < 1.29 is 13.2 Å². The van der Waals surface area contributed by atoms with E-state index in [0.29, 0.717) is 18.2 Å². The highest BCUT2D eigenvalue weighted by Crippen LogP contribution is 2.32. The Morgan fingerprint density at radius 3 is 2.92 bits per heavy atom. The first kappa shape index (κ1) is 17.1. The van der Waals surface area contributed by atoms with Crippen LogP contribution in [0, 0.1) is 0 Å². The first-order valence-electron chi connectivity index (χ1n) is 7.59. The standard InChI is InChI=1S/C14H19N5O3S2/c1-10(20)16-14-15-8-13(23-14)24(21,22)19-6-3-4-11(9-19)12-5-7-18(2)17-12/h5,7-8,11H,3-4,6,9H2,1-2H3,(H,15,16,20)/t11-/m1/s1. The quantitative estimate of drug-likeness (QED) is 0.879. The number of anilines is 1. The van der Waals surface area contributed by atoms with Gasteiger partial charge in [0.05, 0.1) is 11.9 Å². The predicted molar refractivity (Wildman–Crippen MR) is 90.4 cm³/mol. The number of nitrogens with zero attached hydrogens (tertiary/aromatic N) is 4. The van der Waals surface area contributed by atoms with Gasteiger partial charge in [0, 0.05) is 39.2 Å². The molecule has 1 aliphatic heterocycles. The summed E-state index contributed by atoms with van der Waals surface area (Å²) in [6, 6.07) is 1.93. The Bertz CT molecular complexity index is 842. The molecule has 2 aromatic rings. The van der Waals surface area contributed by atoms with Crippen molar-refractivity contribution in [2.45, 2.75) is 29.9 Å². The van der Waals surface area contributed by atoms with Crippen LogP contribution in [0.2, 0.25) is 0 Å².